The van der Waals surface area contributed by atoms with E-state index in [0.29, 0.717) is 5.92 Å². The van der Waals surface area contributed by atoms with Crippen LogP contribution in [0.25, 0.3) is 6.08 Å². The Hall–Kier alpha value is -2.63. The van der Waals surface area contributed by atoms with Crippen LogP contribution in [0.15, 0.2) is 36.4 Å². The van der Waals surface area contributed by atoms with E-state index in [9.17, 15) is 14.4 Å². The van der Waals surface area contributed by atoms with E-state index in [1.807, 2.05) is 30.3 Å². The smallest absolute Gasteiger partial charge is 0.331 e. The molecule has 1 aromatic carbocycles. The van der Waals surface area contributed by atoms with Gasteiger partial charge in [0.1, 0.15) is 0 Å². The maximum Gasteiger partial charge on any atom is 0.331 e. The molecule has 2 atom stereocenters. The molecule has 134 valence electrons. The Bertz CT molecular complexity index is 628. The standard InChI is InChI=1S/C19H24N2O4/c1-14-7-5-6-10-16(14)20-19(24)21-17(22)13-25-18(23)12-11-15-8-3-2-4-9-15/h2-4,8-9,11-12,14,16H,5-7,10,13H2,1H3,(H2,20,21,22,24)/b12-11+/t14-,16-/m1/s1. The SMILES string of the molecule is C[C@@H]1CCCC[C@H]1NC(=O)NC(=O)COC(=O)/C=C/c1ccccc1. The van der Waals surface area contributed by atoms with Crippen molar-refractivity contribution in [3.63, 3.8) is 0 Å². The van der Waals surface area contributed by atoms with Crippen LogP contribution < -0.4 is 10.6 Å². The van der Waals surface area contributed by atoms with Crippen LogP contribution >= 0.6 is 0 Å². The molecule has 6 heteroatoms. The average Bonchev–Trinajstić information content (AvgIpc) is 2.61. The summed E-state index contributed by atoms with van der Waals surface area (Å²) in [4.78, 5) is 35.1. The number of ether oxygens (including phenoxy) is 1. The van der Waals surface area contributed by atoms with Gasteiger partial charge in [0.05, 0.1) is 0 Å². The van der Waals surface area contributed by atoms with Gasteiger partial charge in [0, 0.05) is 12.1 Å². The molecule has 1 aliphatic carbocycles. The molecule has 6 nitrogen and oxygen atoms in total. The van der Waals surface area contributed by atoms with Crippen molar-refractivity contribution in [3.05, 3.63) is 42.0 Å². The third-order valence-electron chi connectivity index (χ3n) is 4.24. The van der Waals surface area contributed by atoms with E-state index in [1.165, 1.54) is 12.5 Å². The highest BCUT2D eigenvalue weighted by atomic mass is 16.5. The van der Waals surface area contributed by atoms with E-state index < -0.39 is 24.5 Å². The lowest BCUT2D eigenvalue weighted by molar-refractivity contribution is -0.143. The zero-order valence-corrected chi connectivity index (χ0v) is 14.4. The quantitative estimate of drug-likeness (QED) is 0.635. The van der Waals surface area contributed by atoms with Gasteiger partial charge in [-0.05, 0) is 30.4 Å². The normalized spacial score (nSPS) is 20.0. The average molecular weight is 344 g/mol. The highest BCUT2D eigenvalue weighted by Crippen LogP contribution is 2.23. The van der Waals surface area contributed by atoms with Crippen LogP contribution in [0.5, 0.6) is 0 Å². The first-order valence-electron chi connectivity index (χ1n) is 8.55. The zero-order valence-electron chi connectivity index (χ0n) is 14.4. The number of esters is 1. The Morgan fingerprint density at radius 2 is 1.88 bits per heavy atom. The topological polar surface area (TPSA) is 84.5 Å². The molecule has 2 rings (SSSR count). The Morgan fingerprint density at radius 3 is 2.60 bits per heavy atom. The predicted octanol–water partition coefficient (Wildman–Crippen LogP) is 2.65. The third-order valence-corrected chi connectivity index (χ3v) is 4.24. The zero-order chi connectivity index (χ0) is 18.1. The summed E-state index contributed by atoms with van der Waals surface area (Å²) in [6, 6.07) is 8.80. The van der Waals surface area contributed by atoms with Crippen molar-refractivity contribution >= 4 is 24.0 Å². The number of carbonyl (C=O) groups is 3. The van der Waals surface area contributed by atoms with Crippen molar-refractivity contribution in [2.24, 2.45) is 5.92 Å². The van der Waals surface area contributed by atoms with Crippen LogP contribution in [0.1, 0.15) is 38.2 Å². The number of rotatable bonds is 5. The minimum absolute atomic E-state index is 0.0814. The van der Waals surface area contributed by atoms with E-state index >= 15 is 0 Å². The number of amides is 3. The molecule has 0 unspecified atom stereocenters. The van der Waals surface area contributed by atoms with Crippen LogP contribution in [0.2, 0.25) is 0 Å². The first-order chi connectivity index (χ1) is 12.0. The molecular weight excluding hydrogens is 320 g/mol. The lowest BCUT2D eigenvalue weighted by Gasteiger charge is -2.29. The second-order valence-corrected chi connectivity index (χ2v) is 6.24. The van der Waals surface area contributed by atoms with Gasteiger partial charge in [-0.25, -0.2) is 9.59 Å². The number of carbonyl (C=O) groups excluding carboxylic acids is 3. The van der Waals surface area contributed by atoms with Gasteiger partial charge in [-0.15, -0.1) is 0 Å². The summed E-state index contributed by atoms with van der Waals surface area (Å²) in [5, 5.41) is 5.00. The summed E-state index contributed by atoms with van der Waals surface area (Å²) in [7, 11) is 0. The predicted molar refractivity (Wildman–Crippen MR) is 94.5 cm³/mol. The van der Waals surface area contributed by atoms with Crippen LogP contribution in [0.3, 0.4) is 0 Å². The van der Waals surface area contributed by atoms with Crippen molar-refractivity contribution in [1.29, 1.82) is 0 Å². The van der Waals surface area contributed by atoms with E-state index in [0.717, 1.165) is 24.8 Å². The molecule has 1 fully saturated rings. The van der Waals surface area contributed by atoms with Gasteiger partial charge in [0.25, 0.3) is 5.91 Å². The van der Waals surface area contributed by atoms with Crippen molar-refractivity contribution in [3.8, 4) is 0 Å². The molecule has 2 N–H and O–H groups in total. The maximum atomic E-state index is 11.8. The minimum Gasteiger partial charge on any atom is -0.452 e. The van der Waals surface area contributed by atoms with Gasteiger partial charge in [0.15, 0.2) is 6.61 Å². The Balaban J connectivity index is 1.68. The second kappa shape index (κ2) is 9.61. The summed E-state index contributed by atoms with van der Waals surface area (Å²) in [5.74, 6) is -0.890. The molecule has 1 saturated carbocycles. The highest BCUT2D eigenvalue weighted by molar-refractivity contribution is 5.96. The molecular formula is C19H24N2O4. The first kappa shape index (κ1) is 18.7. The fourth-order valence-corrected chi connectivity index (χ4v) is 2.81. The van der Waals surface area contributed by atoms with Gasteiger partial charge in [-0.3, -0.25) is 10.1 Å². The number of urea groups is 1. The fraction of sp³-hybridized carbons (Fsp3) is 0.421. The summed E-state index contributed by atoms with van der Waals surface area (Å²) < 4.78 is 4.82. The molecule has 1 aliphatic rings. The number of hydrogen-bond acceptors (Lipinski definition) is 4. The van der Waals surface area contributed by atoms with Gasteiger partial charge in [-0.1, -0.05) is 50.1 Å². The molecule has 0 heterocycles. The van der Waals surface area contributed by atoms with Gasteiger partial charge in [0.2, 0.25) is 0 Å². The molecule has 0 saturated heterocycles. The molecule has 25 heavy (non-hydrogen) atoms. The molecule has 0 aromatic heterocycles. The van der Waals surface area contributed by atoms with Crippen molar-refractivity contribution in [2.75, 3.05) is 6.61 Å². The molecule has 1 aromatic rings. The van der Waals surface area contributed by atoms with Gasteiger partial charge < -0.3 is 10.1 Å². The lowest BCUT2D eigenvalue weighted by Crippen LogP contribution is -2.48. The number of hydrogen-bond donors (Lipinski definition) is 2. The lowest BCUT2D eigenvalue weighted by atomic mass is 9.86. The first-order valence-corrected chi connectivity index (χ1v) is 8.55. The molecule has 3 amide bonds. The third kappa shape index (κ3) is 6.79. The summed E-state index contributed by atoms with van der Waals surface area (Å²) in [6.07, 6.45) is 7.08. The van der Waals surface area contributed by atoms with Crippen molar-refractivity contribution in [2.45, 2.75) is 38.6 Å². The Labute approximate surface area is 147 Å². The largest absolute Gasteiger partial charge is 0.452 e. The summed E-state index contributed by atoms with van der Waals surface area (Å²) in [6.45, 7) is 1.60. The van der Waals surface area contributed by atoms with Crippen molar-refractivity contribution < 1.29 is 19.1 Å². The van der Waals surface area contributed by atoms with Gasteiger partial charge in [-0.2, -0.15) is 0 Å². The van der Waals surface area contributed by atoms with E-state index in [1.54, 1.807) is 6.08 Å². The van der Waals surface area contributed by atoms with Crippen LogP contribution in [0.4, 0.5) is 4.79 Å². The van der Waals surface area contributed by atoms with Crippen LogP contribution in [0, 0.1) is 5.92 Å². The van der Waals surface area contributed by atoms with Crippen molar-refractivity contribution in [1.82, 2.24) is 10.6 Å². The number of benzene rings is 1. The molecule has 0 aliphatic heterocycles. The molecule has 0 spiro atoms. The minimum atomic E-state index is -0.651. The number of nitrogens with one attached hydrogen (secondary N) is 2. The molecule has 0 radical (unpaired) electrons. The van der Waals surface area contributed by atoms with Gasteiger partial charge >= 0.3 is 12.0 Å². The monoisotopic (exact) mass is 344 g/mol. The maximum absolute atomic E-state index is 11.8. The Morgan fingerprint density at radius 1 is 1.16 bits per heavy atom. The fourth-order valence-electron chi connectivity index (χ4n) is 2.81. The highest BCUT2D eigenvalue weighted by Gasteiger charge is 2.23. The van der Waals surface area contributed by atoms with E-state index in [2.05, 4.69) is 17.6 Å². The number of imide groups is 1. The Kier molecular flexibility index (Phi) is 7.19. The second-order valence-electron chi connectivity index (χ2n) is 6.24. The van der Waals surface area contributed by atoms with E-state index in [4.69, 9.17) is 4.74 Å². The summed E-state index contributed by atoms with van der Waals surface area (Å²) in [5.41, 5.74) is 0.852. The molecule has 0 bridgehead atoms. The van der Waals surface area contributed by atoms with Crippen LogP contribution in [-0.2, 0) is 14.3 Å². The van der Waals surface area contributed by atoms with E-state index in [-0.39, 0.29) is 6.04 Å². The van der Waals surface area contributed by atoms with Crippen LogP contribution in [-0.4, -0.2) is 30.6 Å². The summed E-state index contributed by atoms with van der Waals surface area (Å²) >= 11 is 0.